The minimum atomic E-state index is -1.22. The number of ether oxygens (including phenoxy) is 1. The van der Waals surface area contributed by atoms with Crippen molar-refractivity contribution in [3.8, 4) is 11.3 Å². The summed E-state index contributed by atoms with van der Waals surface area (Å²) in [7, 11) is 0. The van der Waals surface area contributed by atoms with Gasteiger partial charge in [0, 0.05) is 49.5 Å². The van der Waals surface area contributed by atoms with Crippen molar-refractivity contribution in [2.75, 3.05) is 25.1 Å². The van der Waals surface area contributed by atoms with E-state index < -0.39 is 12.0 Å². The van der Waals surface area contributed by atoms with E-state index in [1.165, 1.54) is 18.3 Å². The molecule has 1 aliphatic heterocycles. The number of carbonyl (C=O) groups is 1. The van der Waals surface area contributed by atoms with Crippen LogP contribution in [-0.2, 0) is 11.2 Å². The van der Waals surface area contributed by atoms with Crippen molar-refractivity contribution in [1.29, 1.82) is 0 Å². The monoisotopic (exact) mass is 467 g/mol. The van der Waals surface area contributed by atoms with E-state index in [4.69, 9.17) is 4.74 Å². The van der Waals surface area contributed by atoms with E-state index in [0.717, 1.165) is 18.4 Å². The molecule has 2 N–H and O–H groups in total. The number of carbonyl (C=O) groups excluding carboxylic acids is 1. The fourth-order valence-electron chi connectivity index (χ4n) is 3.75. The maximum Gasteiger partial charge on any atom is 0.251 e. The first kappa shape index (κ1) is 23.7. The number of pyridine rings is 1. The Bertz CT molecular complexity index is 1090. The van der Waals surface area contributed by atoms with Crippen molar-refractivity contribution < 1.29 is 18.3 Å². The van der Waals surface area contributed by atoms with Crippen LogP contribution < -0.4 is 10.6 Å². The first-order valence-electron chi connectivity index (χ1n) is 11.4. The molecule has 1 aromatic carbocycles. The van der Waals surface area contributed by atoms with Gasteiger partial charge in [0.15, 0.2) is 0 Å². The van der Waals surface area contributed by atoms with Gasteiger partial charge in [-0.15, -0.1) is 10.2 Å². The highest BCUT2D eigenvalue weighted by Gasteiger charge is 2.17. The number of hydrogen-bond acceptors (Lipinski definition) is 6. The summed E-state index contributed by atoms with van der Waals surface area (Å²) in [4.78, 5) is 16.5. The Kier molecular flexibility index (Phi) is 8.08. The van der Waals surface area contributed by atoms with Gasteiger partial charge in [0.05, 0.1) is 11.4 Å². The van der Waals surface area contributed by atoms with Crippen LogP contribution >= 0.6 is 0 Å². The Morgan fingerprint density at radius 3 is 2.74 bits per heavy atom. The number of anilines is 1. The zero-order chi connectivity index (χ0) is 23.8. The number of aromatic nitrogens is 3. The van der Waals surface area contributed by atoms with Crippen LogP contribution in [0, 0.1) is 5.82 Å². The molecule has 3 aromatic rings. The molecule has 178 valence electrons. The lowest BCUT2D eigenvalue weighted by Gasteiger charge is -2.23. The van der Waals surface area contributed by atoms with Crippen molar-refractivity contribution in [2.45, 2.75) is 37.9 Å². The van der Waals surface area contributed by atoms with Crippen molar-refractivity contribution >= 4 is 11.7 Å². The van der Waals surface area contributed by atoms with Gasteiger partial charge in [-0.25, -0.2) is 8.78 Å². The van der Waals surface area contributed by atoms with Crippen LogP contribution in [0.15, 0.2) is 54.7 Å². The molecular formula is C25H27F2N5O2. The summed E-state index contributed by atoms with van der Waals surface area (Å²) in [5.41, 5.74) is 2.09. The minimum absolute atomic E-state index is 0.0720. The summed E-state index contributed by atoms with van der Waals surface area (Å²) in [6.07, 6.45) is 1.97. The fraction of sp³-hybridized carbons (Fsp3) is 0.360. The average Bonchev–Trinajstić information content (AvgIpc) is 2.86. The Hall–Kier alpha value is -3.46. The van der Waals surface area contributed by atoms with E-state index in [-0.39, 0.29) is 30.5 Å². The first-order valence-corrected chi connectivity index (χ1v) is 11.4. The molecule has 0 aliphatic carbocycles. The standard InChI is InChI=1S/C25H27F2N5O2/c26-19(16-23-21(27)5-2-11-28-23)8-12-29-24-7-6-22(31-32-24)17-3-1-4-18(15-17)25(33)30-20-9-13-34-14-10-20/h1-7,11,15,19-20H,8-10,12-14,16H2,(H,29,32)(H,30,33)/t19-/m0/s1. The summed E-state index contributed by atoms with van der Waals surface area (Å²) in [5, 5.41) is 14.5. The number of halogens is 2. The highest BCUT2D eigenvalue weighted by Crippen LogP contribution is 2.19. The summed E-state index contributed by atoms with van der Waals surface area (Å²) in [5.74, 6) is -0.107. The molecule has 1 saturated heterocycles. The Morgan fingerprint density at radius 1 is 1.12 bits per heavy atom. The van der Waals surface area contributed by atoms with Crippen LogP contribution in [0.3, 0.4) is 0 Å². The molecule has 34 heavy (non-hydrogen) atoms. The third kappa shape index (κ3) is 6.54. The van der Waals surface area contributed by atoms with Crippen LogP contribution in [0.2, 0.25) is 0 Å². The number of nitrogens with zero attached hydrogens (tertiary/aromatic N) is 3. The Morgan fingerprint density at radius 2 is 1.97 bits per heavy atom. The quantitative estimate of drug-likeness (QED) is 0.495. The van der Waals surface area contributed by atoms with Gasteiger partial charge >= 0.3 is 0 Å². The van der Waals surface area contributed by atoms with Gasteiger partial charge in [0.2, 0.25) is 0 Å². The van der Waals surface area contributed by atoms with E-state index in [1.807, 2.05) is 12.1 Å². The average molecular weight is 468 g/mol. The molecule has 3 heterocycles. The van der Waals surface area contributed by atoms with Crippen LogP contribution in [0.25, 0.3) is 11.3 Å². The summed E-state index contributed by atoms with van der Waals surface area (Å²) >= 11 is 0. The van der Waals surface area contributed by atoms with Crippen molar-refractivity contribution in [2.24, 2.45) is 0 Å². The molecule has 1 atom stereocenters. The molecule has 0 spiro atoms. The molecule has 7 nitrogen and oxygen atoms in total. The molecule has 1 amide bonds. The SMILES string of the molecule is O=C(NC1CCOCC1)c1cccc(-c2ccc(NCC[C@H](F)Cc3ncccc3F)nn2)c1. The third-order valence-corrected chi connectivity index (χ3v) is 5.65. The van der Waals surface area contributed by atoms with Crippen molar-refractivity contribution in [3.63, 3.8) is 0 Å². The number of nitrogens with one attached hydrogen (secondary N) is 2. The lowest BCUT2D eigenvalue weighted by Crippen LogP contribution is -2.38. The van der Waals surface area contributed by atoms with Crippen LogP contribution in [0.4, 0.5) is 14.6 Å². The summed E-state index contributed by atoms with van der Waals surface area (Å²) < 4.78 is 33.1. The molecule has 4 rings (SSSR count). The van der Waals surface area contributed by atoms with Crippen LogP contribution in [0.1, 0.15) is 35.3 Å². The van der Waals surface area contributed by atoms with Gasteiger partial charge in [-0.1, -0.05) is 12.1 Å². The molecular weight excluding hydrogens is 440 g/mol. The molecule has 2 aromatic heterocycles. The third-order valence-electron chi connectivity index (χ3n) is 5.65. The molecule has 9 heteroatoms. The highest BCUT2D eigenvalue weighted by molar-refractivity contribution is 5.95. The van der Waals surface area contributed by atoms with Gasteiger partial charge in [0.25, 0.3) is 5.91 Å². The molecule has 0 saturated carbocycles. The lowest BCUT2D eigenvalue weighted by molar-refractivity contribution is 0.0696. The molecule has 0 unspecified atom stereocenters. The zero-order valence-corrected chi connectivity index (χ0v) is 18.7. The maximum atomic E-state index is 14.2. The molecule has 1 fully saturated rings. The van der Waals surface area contributed by atoms with E-state index in [1.54, 1.807) is 24.3 Å². The summed E-state index contributed by atoms with van der Waals surface area (Å²) in [6.45, 7) is 1.65. The zero-order valence-electron chi connectivity index (χ0n) is 18.7. The fourth-order valence-corrected chi connectivity index (χ4v) is 3.75. The number of benzene rings is 1. The molecule has 1 aliphatic rings. The second-order valence-corrected chi connectivity index (χ2v) is 8.19. The van der Waals surface area contributed by atoms with E-state index >= 15 is 0 Å². The summed E-state index contributed by atoms with van der Waals surface area (Å²) in [6, 6.07) is 13.7. The van der Waals surface area contributed by atoms with Gasteiger partial charge < -0.3 is 15.4 Å². The predicted molar refractivity (Wildman–Crippen MR) is 125 cm³/mol. The van der Waals surface area contributed by atoms with E-state index in [2.05, 4.69) is 25.8 Å². The first-order chi connectivity index (χ1) is 16.6. The maximum absolute atomic E-state index is 14.2. The Labute approximate surface area is 197 Å². The largest absolute Gasteiger partial charge is 0.381 e. The van der Waals surface area contributed by atoms with Gasteiger partial charge in [-0.05, 0) is 55.7 Å². The van der Waals surface area contributed by atoms with Crippen LogP contribution in [0.5, 0.6) is 0 Å². The minimum Gasteiger partial charge on any atom is -0.381 e. The van der Waals surface area contributed by atoms with Gasteiger partial charge in [-0.3, -0.25) is 9.78 Å². The van der Waals surface area contributed by atoms with Crippen LogP contribution in [-0.4, -0.2) is 53.1 Å². The molecule has 0 bridgehead atoms. The topological polar surface area (TPSA) is 89.0 Å². The second-order valence-electron chi connectivity index (χ2n) is 8.19. The Balaban J connectivity index is 1.29. The normalized spacial score (nSPS) is 15.0. The van der Waals surface area contributed by atoms with Gasteiger partial charge in [0.1, 0.15) is 17.8 Å². The van der Waals surface area contributed by atoms with Gasteiger partial charge in [-0.2, -0.15) is 0 Å². The van der Waals surface area contributed by atoms with Crippen molar-refractivity contribution in [3.05, 3.63) is 71.8 Å². The molecule has 0 radical (unpaired) electrons. The number of alkyl halides is 1. The van der Waals surface area contributed by atoms with E-state index in [0.29, 0.717) is 36.8 Å². The second kappa shape index (κ2) is 11.6. The van der Waals surface area contributed by atoms with E-state index in [9.17, 15) is 13.6 Å². The number of rotatable bonds is 9. The number of amides is 1. The highest BCUT2D eigenvalue weighted by atomic mass is 19.1. The van der Waals surface area contributed by atoms with Crippen molar-refractivity contribution in [1.82, 2.24) is 20.5 Å². The smallest absolute Gasteiger partial charge is 0.251 e. The predicted octanol–water partition coefficient (Wildman–Crippen LogP) is 3.97. The number of hydrogen-bond donors (Lipinski definition) is 2. The lowest BCUT2D eigenvalue weighted by atomic mass is 10.1.